The molecule has 0 aliphatic rings. The number of benzene rings is 2. The van der Waals surface area contributed by atoms with E-state index in [2.05, 4.69) is 0 Å². The summed E-state index contributed by atoms with van der Waals surface area (Å²) in [6, 6.07) is 12.1. The van der Waals surface area contributed by atoms with Crippen LogP contribution in [0.5, 0.6) is 0 Å². The lowest BCUT2D eigenvalue weighted by Gasteiger charge is -1.99. The fraction of sp³-hybridized carbons (Fsp3) is 0. The fourth-order valence-electron chi connectivity index (χ4n) is 1.33. The Morgan fingerprint density at radius 3 is 2.21 bits per heavy atom. The number of fused-ring (bicyclic) bond motifs is 1. The smallest absolute Gasteiger partial charge is 0.206 e. The molecular weight excluding hydrogens is 198 g/mol. The Morgan fingerprint density at radius 2 is 1.57 bits per heavy atom. The van der Waals surface area contributed by atoms with Crippen molar-refractivity contribution in [1.29, 1.82) is 0 Å². The lowest BCUT2D eigenvalue weighted by molar-refractivity contribution is 0.596. The lowest BCUT2D eigenvalue weighted by atomic mass is 10.1. The molecule has 0 aromatic heterocycles. The monoisotopic (exact) mass is 206 g/mol. The Morgan fingerprint density at radius 1 is 0.929 bits per heavy atom. The van der Waals surface area contributed by atoms with Crippen LogP contribution in [0.2, 0.25) is 0 Å². The second kappa shape index (κ2) is 3.08. The number of rotatable bonds is 1. The van der Waals surface area contributed by atoms with Gasteiger partial charge in [0.1, 0.15) is 0 Å². The summed E-state index contributed by atoms with van der Waals surface area (Å²) < 4.78 is 21.9. The normalized spacial score (nSPS) is 11.8. The molecule has 1 radical (unpaired) electrons. The van der Waals surface area contributed by atoms with E-state index in [0.717, 1.165) is 10.8 Å². The first-order valence-electron chi connectivity index (χ1n) is 4.06. The first kappa shape index (κ1) is 9.18. The third kappa shape index (κ3) is 1.62. The topological polar surface area (TPSA) is 57.9 Å². The van der Waals surface area contributed by atoms with E-state index in [1.807, 2.05) is 24.3 Å². The van der Waals surface area contributed by atoms with Crippen molar-refractivity contribution in [3.8, 4) is 0 Å². The quantitative estimate of drug-likeness (QED) is 0.714. The summed E-state index contributed by atoms with van der Waals surface area (Å²) in [6.45, 7) is 0. The first-order chi connectivity index (χ1) is 6.57. The van der Waals surface area contributed by atoms with Gasteiger partial charge in [0, 0.05) is 0 Å². The molecule has 3 nitrogen and oxygen atoms in total. The minimum atomic E-state index is -3.84. The molecule has 14 heavy (non-hydrogen) atoms. The third-order valence-electron chi connectivity index (χ3n) is 2.03. The number of hydrogen-bond acceptors (Lipinski definition) is 2. The van der Waals surface area contributed by atoms with Crippen LogP contribution in [0.15, 0.2) is 47.4 Å². The highest BCUT2D eigenvalue weighted by Gasteiger charge is 2.08. The van der Waals surface area contributed by atoms with Gasteiger partial charge in [-0.1, -0.05) is 30.3 Å². The van der Waals surface area contributed by atoms with Crippen LogP contribution in [0.4, 0.5) is 0 Å². The van der Waals surface area contributed by atoms with Crippen molar-refractivity contribution in [2.24, 2.45) is 0 Å². The van der Waals surface area contributed by atoms with Gasteiger partial charge in [-0.05, 0) is 22.9 Å². The molecule has 4 heteroatoms. The van der Waals surface area contributed by atoms with E-state index >= 15 is 0 Å². The second-order valence-electron chi connectivity index (χ2n) is 3.01. The molecule has 0 saturated carbocycles. The molecule has 0 aliphatic carbocycles. The Balaban J connectivity index is 2.75. The zero-order valence-corrected chi connectivity index (χ0v) is 8.08. The van der Waals surface area contributed by atoms with Gasteiger partial charge in [-0.15, -0.1) is 5.14 Å². The van der Waals surface area contributed by atoms with Crippen LogP contribution < -0.4 is 5.14 Å². The van der Waals surface area contributed by atoms with Crippen molar-refractivity contribution in [2.45, 2.75) is 4.90 Å². The standard InChI is InChI=1S/C10H8NO2S/c11-14(12,13)10-6-5-8-3-1-2-4-9(8)7-10/h1-7,11H. The molecule has 0 unspecified atom stereocenters. The SMILES string of the molecule is [NH]S(=O)(=O)c1ccc2ccccc2c1. The Hall–Kier alpha value is -1.39. The van der Waals surface area contributed by atoms with Crippen molar-refractivity contribution in [3.05, 3.63) is 42.5 Å². The van der Waals surface area contributed by atoms with Gasteiger partial charge in [-0.25, -0.2) is 8.42 Å². The van der Waals surface area contributed by atoms with Crippen LogP contribution >= 0.6 is 0 Å². The molecule has 2 aromatic rings. The van der Waals surface area contributed by atoms with Gasteiger partial charge in [0.2, 0.25) is 0 Å². The van der Waals surface area contributed by atoms with E-state index in [9.17, 15) is 8.42 Å². The minimum Gasteiger partial charge on any atom is -0.206 e. The van der Waals surface area contributed by atoms with Gasteiger partial charge >= 0.3 is 0 Å². The lowest BCUT2D eigenvalue weighted by Crippen LogP contribution is -1.99. The molecule has 2 aromatic carbocycles. The van der Waals surface area contributed by atoms with E-state index in [0.29, 0.717) is 0 Å². The average molecular weight is 206 g/mol. The van der Waals surface area contributed by atoms with Crippen molar-refractivity contribution in [2.75, 3.05) is 0 Å². The summed E-state index contributed by atoms with van der Waals surface area (Å²) in [5, 5.41) is 8.73. The van der Waals surface area contributed by atoms with Crippen molar-refractivity contribution < 1.29 is 8.42 Å². The molecular formula is C10H8NO2S. The minimum absolute atomic E-state index is 0.0381. The van der Waals surface area contributed by atoms with Gasteiger partial charge in [0.05, 0.1) is 4.90 Å². The van der Waals surface area contributed by atoms with Crippen LogP contribution in [0.25, 0.3) is 10.8 Å². The van der Waals surface area contributed by atoms with Crippen molar-refractivity contribution in [3.63, 3.8) is 0 Å². The molecule has 0 bridgehead atoms. The Kier molecular flexibility index (Phi) is 2.02. The van der Waals surface area contributed by atoms with E-state index in [1.54, 1.807) is 6.07 Å². The summed E-state index contributed by atoms with van der Waals surface area (Å²) >= 11 is 0. The molecule has 0 aliphatic heterocycles. The zero-order valence-electron chi connectivity index (χ0n) is 7.27. The van der Waals surface area contributed by atoms with Crippen LogP contribution in [0.1, 0.15) is 0 Å². The van der Waals surface area contributed by atoms with Crippen molar-refractivity contribution >= 4 is 20.8 Å². The van der Waals surface area contributed by atoms with Gasteiger partial charge in [-0.2, -0.15) is 0 Å². The summed E-state index contributed by atoms with van der Waals surface area (Å²) in [5.41, 5.74) is 0. The van der Waals surface area contributed by atoms with E-state index < -0.39 is 10.0 Å². The molecule has 71 valence electrons. The molecule has 0 amide bonds. The molecule has 0 heterocycles. The summed E-state index contributed by atoms with van der Waals surface area (Å²) in [4.78, 5) is 0.0381. The highest BCUT2D eigenvalue weighted by Crippen LogP contribution is 2.18. The second-order valence-corrected chi connectivity index (χ2v) is 4.49. The maximum absolute atomic E-state index is 10.9. The molecule has 1 N–H and O–H groups in total. The van der Waals surface area contributed by atoms with E-state index in [-0.39, 0.29) is 4.90 Å². The highest BCUT2D eigenvalue weighted by atomic mass is 32.2. The maximum Gasteiger partial charge on any atom is 0.254 e. The van der Waals surface area contributed by atoms with Gasteiger partial charge < -0.3 is 0 Å². The van der Waals surface area contributed by atoms with Gasteiger partial charge in [-0.3, -0.25) is 0 Å². The Labute approximate surface area is 82.2 Å². The zero-order chi connectivity index (χ0) is 10.2. The fourth-order valence-corrected chi connectivity index (χ4v) is 1.86. The van der Waals surface area contributed by atoms with E-state index in [1.165, 1.54) is 12.1 Å². The molecule has 0 fully saturated rings. The van der Waals surface area contributed by atoms with Crippen LogP contribution in [-0.4, -0.2) is 8.42 Å². The number of nitrogens with one attached hydrogen (secondary N) is 1. The van der Waals surface area contributed by atoms with Crippen molar-refractivity contribution in [1.82, 2.24) is 5.14 Å². The largest absolute Gasteiger partial charge is 0.254 e. The predicted molar refractivity (Wildman–Crippen MR) is 54.2 cm³/mol. The first-order valence-corrected chi connectivity index (χ1v) is 5.54. The van der Waals surface area contributed by atoms with Gasteiger partial charge in [0.25, 0.3) is 10.0 Å². The molecule has 0 spiro atoms. The molecule has 0 atom stereocenters. The summed E-state index contributed by atoms with van der Waals surface area (Å²) in [6.07, 6.45) is 0. The number of hydrogen-bond donors (Lipinski definition) is 0. The summed E-state index contributed by atoms with van der Waals surface area (Å²) in [5.74, 6) is 0. The van der Waals surface area contributed by atoms with Crippen LogP contribution in [0, 0.1) is 0 Å². The van der Waals surface area contributed by atoms with Crippen LogP contribution in [0.3, 0.4) is 0 Å². The average Bonchev–Trinajstić information content (AvgIpc) is 2.16. The highest BCUT2D eigenvalue weighted by molar-refractivity contribution is 7.88. The predicted octanol–water partition coefficient (Wildman–Crippen LogP) is 1.81. The molecule has 0 saturated heterocycles. The van der Waals surface area contributed by atoms with Gasteiger partial charge in [0.15, 0.2) is 0 Å². The maximum atomic E-state index is 10.9. The van der Waals surface area contributed by atoms with E-state index in [4.69, 9.17) is 5.14 Å². The third-order valence-corrected chi connectivity index (χ3v) is 2.91. The molecule has 2 rings (SSSR count). The summed E-state index contributed by atoms with van der Waals surface area (Å²) in [7, 11) is -3.84. The van der Waals surface area contributed by atoms with Crippen LogP contribution in [-0.2, 0) is 10.0 Å². The number of sulfonamides is 1. The Bertz CT molecular complexity index is 575.